The second-order valence-corrected chi connectivity index (χ2v) is 5.42. The Morgan fingerprint density at radius 3 is 1.85 bits per heavy atom. The molecule has 2 rings (SSSR count). The van der Waals surface area contributed by atoms with Crippen molar-refractivity contribution in [1.82, 2.24) is 0 Å². The molecule has 0 nitrogen and oxygen atoms in total. The third kappa shape index (κ3) is 1.92. The standard InChI is InChI=1S/C13H24/c1-12-8-4-7-11-13(12)9-5-2-3-6-10-13/h12H,2-11H2,1H3. The quantitative estimate of drug-likeness (QED) is 0.513. The van der Waals surface area contributed by atoms with Crippen molar-refractivity contribution in [3.05, 3.63) is 0 Å². The summed E-state index contributed by atoms with van der Waals surface area (Å²) in [6.45, 7) is 2.52. The van der Waals surface area contributed by atoms with Crippen LogP contribution >= 0.6 is 0 Å². The van der Waals surface area contributed by atoms with Crippen LogP contribution in [0.15, 0.2) is 0 Å². The Balaban J connectivity index is 2.05. The lowest BCUT2D eigenvalue weighted by Gasteiger charge is -2.42. The minimum absolute atomic E-state index is 0.800. The molecule has 0 amide bonds. The van der Waals surface area contributed by atoms with Crippen molar-refractivity contribution in [2.45, 2.75) is 71.1 Å². The zero-order valence-electron chi connectivity index (χ0n) is 9.15. The molecule has 2 aliphatic rings. The summed E-state index contributed by atoms with van der Waals surface area (Å²) in [5.41, 5.74) is 0.800. The van der Waals surface area contributed by atoms with Gasteiger partial charge in [0.05, 0.1) is 0 Å². The molecule has 2 aliphatic carbocycles. The van der Waals surface area contributed by atoms with Crippen LogP contribution in [0.1, 0.15) is 71.1 Å². The number of rotatable bonds is 0. The van der Waals surface area contributed by atoms with Gasteiger partial charge in [0.15, 0.2) is 0 Å². The van der Waals surface area contributed by atoms with E-state index < -0.39 is 0 Å². The molecule has 2 saturated carbocycles. The molecule has 13 heavy (non-hydrogen) atoms. The van der Waals surface area contributed by atoms with E-state index in [0.717, 1.165) is 11.3 Å². The van der Waals surface area contributed by atoms with E-state index in [-0.39, 0.29) is 0 Å². The van der Waals surface area contributed by atoms with Gasteiger partial charge in [0.1, 0.15) is 0 Å². The second kappa shape index (κ2) is 4.02. The first-order chi connectivity index (χ1) is 6.33. The summed E-state index contributed by atoms with van der Waals surface area (Å²) < 4.78 is 0. The van der Waals surface area contributed by atoms with Crippen molar-refractivity contribution in [2.24, 2.45) is 11.3 Å². The Labute approximate surface area is 83.1 Å². The van der Waals surface area contributed by atoms with Gasteiger partial charge in [-0.25, -0.2) is 0 Å². The van der Waals surface area contributed by atoms with Crippen molar-refractivity contribution in [3.8, 4) is 0 Å². The summed E-state index contributed by atoms with van der Waals surface area (Å²) in [6.07, 6.45) is 15.2. The molecule has 0 heterocycles. The van der Waals surface area contributed by atoms with Crippen LogP contribution in [0.2, 0.25) is 0 Å². The molecule has 2 fully saturated rings. The Kier molecular flexibility index (Phi) is 2.96. The molecule has 0 aromatic heterocycles. The minimum atomic E-state index is 0.800. The molecule has 1 unspecified atom stereocenters. The third-order valence-electron chi connectivity index (χ3n) is 4.71. The van der Waals surface area contributed by atoms with Crippen LogP contribution in [0, 0.1) is 11.3 Å². The van der Waals surface area contributed by atoms with Crippen molar-refractivity contribution >= 4 is 0 Å². The van der Waals surface area contributed by atoms with Crippen LogP contribution in [-0.2, 0) is 0 Å². The number of hydrogen-bond donors (Lipinski definition) is 0. The van der Waals surface area contributed by atoms with Crippen LogP contribution in [0.3, 0.4) is 0 Å². The third-order valence-corrected chi connectivity index (χ3v) is 4.71. The highest BCUT2D eigenvalue weighted by atomic mass is 14.4. The molecular formula is C13H24. The van der Waals surface area contributed by atoms with Crippen molar-refractivity contribution in [3.63, 3.8) is 0 Å². The van der Waals surface area contributed by atoms with Crippen LogP contribution in [0.25, 0.3) is 0 Å². The highest BCUT2D eigenvalue weighted by Crippen LogP contribution is 2.49. The zero-order valence-corrected chi connectivity index (χ0v) is 9.15. The van der Waals surface area contributed by atoms with E-state index in [1.807, 2.05) is 0 Å². The van der Waals surface area contributed by atoms with Gasteiger partial charge in [-0.2, -0.15) is 0 Å². The van der Waals surface area contributed by atoms with Crippen molar-refractivity contribution < 1.29 is 0 Å². The van der Waals surface area contributed by atoms with Gasteiger partial charge in [0, 0.05) is 0 Å². The maximum atomic E-state index is 2.52. The van der Waals surface area contributed by atoms with Gasteiger partial charge in [-0.1, -0.05) is 51.9 Å². The molecule has 0 aromatic carbocycles. The fraction of sp³-hybridized carbons (Fsp3) is 1.00. The molecule has 0 bridgehead atoms. The van der Waals surface area contributed by atoms with Crippen molar-refractivity contribution in [1.29, 1.82) is 0 Å². The molecule has 76 valence electrons. The Hall–Kier alpha value is 0. The van der Waals surface area contributed by atoms with Gasteiger partial charge < -0.3 is 0 Å². The first-order valence-electron chi connectivity index (χ1n) is 6.33. The molecule has 0 aromatic rings. The summed E-state index contributed by atoms with van der Waals surface area (Å²) in [6, 6.07) is 0. The van der Waals surface area contributed by atoms with Crippen LogP contribution in [-0.4, -0.2) is 0 Å². The maximum absolute atomic E-state index is 2.52. The van der Waals surface area contributed by atoms with Crippen LogP contribution in [0.4, 0.5) is 0 Å². The molecule has 0 aliphatic heterocycles. The Morgan fingerprint density at radius 1 is 0.769 bits per heavy atom. The summed E-state index contributed by atoms with van der Waals surface area (Å²) in [5.74, 6) is 1.03. The van der Waals surface area contributed by atoms with E-state index >= 15 is 0 Å². The number of hydrogen-bond acceptors (Lipinski definition) is 0. The summed E-state index contributed by atoms with van der Waals surface area (Å²) in [5, 5.41) is 0. The lowest BCUT2D eigenvalue weighted by atomic mass is 9.63. The van der Waals surface area contributed by atoms with E-state index in [9.17, 15) is 0 Å². The van der Waals surface area contributed by atoms with E-state index in [1.165, 1.54) is 44.9 Å². The first-order valence-corrected chi connectivity index (χ1v) is 6.33. The summed E-state index contributed by atoms with van der Waals surface area (Å²) in [4.78, 5) is 0. The van der Waals surface area contributed by atoms with E-state index in [2.05, 4.69) is 6.92 Å². The van der Waals surface area contributed by atoms with Gasteiger partial charge in [-0.15, -0.1) is 0 Å². The van der Waals surface area contributed by atoms with Gasteiger partial charge in [0.2, 0.25) is 0 Å². The average Bonchev–Trinajstić information content (AvgIpc) is 2.37. The van der Waals surface area contributed by atoms with E-state index in [1.54, 1.807) is 19.3 Å². The second-order valence-electron chi connectivity index (χ2n) is 5.42. The normalized spacial score (nSPS) is 34.4. The molecule has 0 saturated heterocycles. The molecule has 0 N–H and O–H groups in total. The SMILES string of the molecule is CC1CCCCC12CCCCCC2. The zero-order chi connectivity index (χ0) is 9.15. The molecule has 0 radical (unpaired) electrons. The molecule has 1 atom stereocenters. The summed E-state index contributed by atoms with van der Waals surface area (Å²) in [7, 11) is 0. The van der Waals surface area contributed by atoms with E-state index in [4.69, 9.17) is 0 Å². The monoisotopic (exact) mass is 180 g/mol. The maximum Gasteiger partial charge on any atom is -0.0272 e. The molecule has 0 heteroatoms. The predicted molar refractivity (Wildman–Crippen MR) is 57.8 cm³/mol. The molecule has 1 spiro atoms. The fourth-order valence-corrected chi connectivity index (χ4v) is 3.66. The molecular weight excluding hydrogens is 156 g/mol. The van der Waals surface area contributed by atoms with Gasteiger partial charge in [-0.3, -0.25) is 0 Å². The lowest BCUT2D eigenvalue weighted by molar-refractivity contribution is 0.0865. The fourth-order valence-electron chi connectivity index (χ4n) is 3.66. The average molecular weight is 180 g/mol. The minimum Gasteiger partial charge on any atom is -0.0620 e. The van der Waals surface area contributed by atoms with Crippen molar-refractivity contribution in [2.75, 3.05) is 0 Å². The largest absolute Gasteiger partial charge is 0.0620 e. The topological polar surface area (TPSA) is 0 Å². The van der Waals surface area contributed by atoms with E-state index in [0.29, 0.717) is 0 Å². The van der Waals surface area contributed by atoms with Crippen LogP contribution in [0.5, 0.6) is 0 Å². The highest BCUT2D eigenvalue weighted by Gasteiger charge is 2.37. The lowest BCUT2D eigenvalue weighted by Crippen LogP contribution is -2.31. The van der Waals surface area contributed by atoms with Gasteiger partial charge >= 0.3 is 0 Å². The Bertz CT molecular complexity index is 151. The Morgan fingerprint density at radius 2 is 1.31 bits per heavy atom. The summed E-state index contributed by atoms with van der Waals surface area (Å²) >= 11 is 0. The highest BCUT2D eigenvalue weighted by molar-refractivity contribution is 4.88. The first kappa shape index (κ1) is 9.55. The smallest absolute Gasteiger partial charge is 0.0272 e. The van der Waals surface area contributed by atoms with Gasteiger partial charge in [0.25, 0.3) is 0 Å². The van der Waals surface area contributed by atoms with Crippen LogP contribution < -0.4 is 0 Å². The van der Waals surface area contributed by atoms with Gasteiger partial charge in [-0.05, 0) is 30.6 Å². The predicted octanol–water partition coefficient (Wildman–Crippen LogP) is 4.54.